The van der Waals surface area contributed by atoms with Crippen molar-refractivity contribution >= 4 is 12.0 Å². The molecule has 0 saturated carbocycles. The van der Waals surface area contributed by atoms with E-state index in [9.17, 15) is 9.59 Å². The Bertz CT molecular complexity index is 1140. The number of ether oxygens (including phenoxy) is 3. The van der Waals surface area contributed by atoms with Gasteiger partial charge >= 0.3 is 6.09 Å². The molecule has 0 unspecified atom stereocenters. The number of nitrogens with two attached hydrogens (primary N) is 1. The summed E-state index contributed by atoms with van der Waals surface area (Å²) >= 11 is 0. The van der Waals surface area contributed by atoms with Crippen LogP contribution in [0, 0.1) is 11.3 Å². The minimum atomic E-state index is -0.625. The monoisotopic (exact) mass is 431 g/mol. The van der Waals surface area contributed by atoms with E-state index < -0.39 is 12.0 Å². The standard InChI is InChI=1S/C24H21N3O5/c1-2-30-24(29)27-15-17-5-9-20(10-6-17)32-22-12-18(23(26)28)11-21(13-22)31-19-7-3-16(14-25)4-8-19/h3-13H,2,15H2,1H3,(H2,26,28)(H,27,29). The van der Waals surface area contributed by atoms with Gasteiger partial charge in [-0.25, -0.2) is 4.79 Å². The number of amides is 2. The van der Waals surface area contributed by atoms with Crippen molar-refractivity contribution in [3.05, 3.63) is 83.4 Å². The Kier molecular flexibility index (Phi) is 7.28. The van der Waals surface area contributed by atoms with E-state index in [1.165, 1.54) is 12.1 Å². The Morgan fingerprint density at radius 2 is 1.47 bits per heavy atom. The number of nitrogens with zero attached hydrogens (tertiary/aromatic N) is 1. The topological polar surface area (TPSA) is 124 Å². The summed E-state index contributed by atoms with van der Waals surface area (Å²) < 4.78 is 16.5. The van der Waals surface area contributed by atoms with Gasteiger partial charge in [-0.15, -0.1) is 0 Å². The summed E-state index contributed by atoms with van der Waals surface area (Å²) in [6.07, 6.45) is -0.481. The molecular weight excluding hydrogens is 410 g/mol. The lowest BCUT2D eigenvalue weighted by atomic mass is 10.2. The van der Waals surface area contributed by atoms with Crippen LogP contribution in [0.3, 0.4) is 0 Å². The number of hydrogen-bond donors (Lipinski definition) is 2. The fraction of sp³-hybridized carbons (Fsp3) is 0.125. The highest BCUT2D eigenvalue weighted by Gasteiger charge is 2.10. The lowest BCUT2D eigenvalue weighted by Gasteiger charge is -2.12. The molecule has 8 heteroatoms. The molecule has 0 heterocycles. The molecule has 3 aromatic carbocycles. The van der Waals surface area contributed by atoms with E-state index in [1.54, 1.807) is 61.5 Å². The Hall–Kier alpha value is -4.51. The largest absolute Gasteiger partial charge is 0.457 e. The van der Waals surface area contributed by atoms with Crippen molar-refractivity contribution in [1.82, 2.24) is 5.32 Å². The van der Waals surface area contributed by atoms with Gasteiger partial charge in [0, 0.05) is 18.2 Å². The molecule has 0 aliphatic heterocycles. The van der Waals surface area contributed by atoms with Crippen molar-refractivity contribution in [3.63, 3.8) is 0 Å². The highest BCUT2D eigenvalue weighted by atomic mass is 16.5. The predicted octanol–water partition coefficient (Wildman–Crippen LogP) is 4.49. The molecule has 0 saturated heterocycles. The second-order valence-corrected chi connectivity index (χ2v) is 6.62. The molecule has 0 aliphatic carbocycles. The maximum Gasteiger partial charge on any atom is 0.407 e. The lowest BCUT2D eigenvalue weighted by Crippen LogP contribution is -2.23. The Labute approximate surface area is 185 Å². The van der Waals surface area contributed by atoms with Crippen LogP contribution >= 0.6 is 0 Å². The van der Waals surface area contributed by atoms with Gasteiger partial charge < -0.3 is 25.3 Å². The molecule has 8 nitrogen and oxygen atoms in total. The number of nitriles is 1. The molecule has 3 aromatic rings. The van der Waals surface area contributed by atoms with Crippen LogP contribution in [0.25, 0.3) is 0 Å². The molecule has 2 amide bonds. The SMILES string of the molecule is CCOC(=O)NCc1ccc(Oc2cc(Oc3ccc(C#N)cc3)cc(C(N)=O)c2)cc1. The fourth-order valence-electron chi connectivity index (χ4n) is 2.73. The molecule has 3 rings (SSSR count). The first kappa shape index (κ1) is 22.2. The number of primary amides is 1. The summed E-state index contributed by atoms with van der Waals surface area (Å²) in [5, 5.41) is 11.5. The van der Waals surface area contributed by atoms with Crippen LogP contribution in [-0.2, 0) is 11.3 Å². The van der Waals surface area contributed by atoms with Gasteiger partial charge in [0.25, 0.3) is 0 Å². The van der Waals surface area contributed by atoms with Crippen molar-refractivity contribution in [2.45, 2.75) is 13.5 Å². The maximum absolute atomic E-state index is 11.7. The third-order valence-electron chi connectivity index (χ3n) is 4.26. The molecule has 0 aliphatic rings. The summed E-state index contributed by atoms with van der Waals surface area (Å²) in [4.78, 5) is 23.1. The molecule has 3 N–H and O–H groups in total. The number of benzene rings is 3. The smallest absolute Gasteiger partial charge is 0.407 e. The van der Waals surface area contributed by atoms with Gasteiger partial charge in [0.05, 0.1) is 18.2 Å². The first-order valence-electron chi connectivity index (χ1n) is 9.77. The third kappa shape index (κ3) is 6.24. The van der Waals surface area contributed by atoms with E-state index in [2.05, 4.69) is 5.32 Å². The molecule has 0 aromatic heterocycles. The average molecular weight is 431 g/mol. The zero-order valence-corrected chi connectivity index (χ0v) is 17.3. The number of carbonyl (C=O) groups excluding carboxylic acids is 2. The van der Waals surface area contributed by atoms with Crippen LogP contribution in [0.5, 0.6) is 23.0 Å². The number of alkyl carbamates (subject to hydrolysis) is 1. The zero-order valence-electron chi connectivity index (χ0n) is 17.3. The number of rotatable bonds is 8. The highest BCUT2D eigenvalue weighted by Crippen LogP contribution is 2.30. The first-order valence-corrected chi connectivity index (χ1v) is 9.77. The van der Waals surface area contributed by atoms with Gasteiger partial charge in [-0.05, 0) is 61.0 Å². The van der Waals surface area contributed by atoms with Crippen molar-refractivity contribution in [2.75, 3.05) is 6.61 Å². The minimum Gasteiger partial charge on any atom is -0.457 e. The van der Waals surface area contributed by atoms with E-state index in [4.69, 9.17) is 25.2 Å². The second kappa shape index (κ2) is 10.5. The molecule has 0 atom stereocenters. The van der Waals surface area contributed by atoms with Gasteiger partial charge in [0.2, 0.25) is 5.91 Å². The first-order chi connectivity index (χ1) is 15.5. The molecule has 0 radical (unpaired) electrons. The summed E-state index contributed by atoms with van der Waals surface area (Å²) in [5.74, 6) is 1.12. The maximum atomic E-state index is 11.7. The summed E-state index contributed by atoms with van der Waals surface area (Å²) in [6.45, 7) is 2.36. The number of hydrogen-bond acceptors (Lipinski definition) is 6. The molecule has 0 spiro atoms. The lowest BCUT2D eigenvalue weighted by molar-refractivity contribution is 0.0999. The molecule has 32 heavy (non-hydrogen) atoms. The summed E-state index contributed by atoms with van der Waals surface area (Å²) in [6, 6.07) is 20.3. The Morgan fingerprint density at radius 1 is 0.906 bits per heavy atom. The van der Waals surface area contributed by atoms with E-state index in [0.717, 1.165) is 5.56 Å². The van der Waals surface area contributed by atoms with Crippen molar-refractivity contribution in [3.8, 4) is 29.1 Å². The summed E-state index contributed by atoms with van der Waals surface area (Å²) in [5.41, 5.74) is 7.04. The van der Waals surface area contributed by atoms with Gasteiger partial charge in [-0.1, -0.05) is 12.1 Å². The normalized spacial score (nSPS) is 10.0. The van der Waals surface area contributed by atoms with Crippen LogP contribution in [-0.4, -0.2) is 18.6 Å². The fourth-order valence-corrected chi connectivity index (χ4v) is 2.73. The van der Waals surface area contributed by atoms with E-state index in [1.807, 2.05) is 6.07 Å². The van der Waals surface area contributed by atoms with Gasteiger partial charge in [0.1, 0.15) is 23.0 Å². The van der Waals surface area contributed by atoms with Crippen LogP contribution in [0.1, 0.15) is 28.4 Å². The minimum absolute atomic E-state index is 0.224. The molecular formula is C24H21N3O5. The van der Waals surface area contributed by atoms with Crippen molar-refractivity contribution < 1.29 is 23.8 Å². The van der Waals surface area contributed by atoms with Crippen molar-refractivity contribution in [2.24, 2.45) is 5.73 Å². The Morgan fingerprint density at radius 3 is 1.97 bits per heavy atom. The molecule has 162 valence electrons. The van der Waals surface area contributed by atoms with Crippen molar-refractivity contribution in [1.29, 1.82) is 5.26 Å². The van der Waals surface area contributed by atoms with E-state index in [-0.39, 0.29) is 5.56 Å². The molecule has 0 bridgehead atoms. The van der Waals surface area contributed by atoms with Crippen LogP contribution in [0.2, 0.25) is 0 Å². The van der Waals surface area contributed by atoms with Crippen LogP contribution in [0.4, 0.5) is 4.79 Å². The average Bonchev–Trinajstić information content (AvgIpc) is 2.79. The number of carbonyl (C=O) groups is 2. The van der Waals surface area contributed by atoms with E-state index >= 15 is 0 Å². The Balaban J connectivity index is 1.73. The van der Waals surface area contributed by atoms with Gasteiger partial charge in [-0.2, -0.15) is 5.26 Å². The van der Waals surface area contributed by atoms with E-state index in [0.29, 0.717) is 41.7 Å². The van der Waals surface area contributed by atoms with Crippen LogP contribution < -0.4 is 20.5 Å². The highest BCUT2D eigenvalue weighted by molar-refractivity contribution is 5.93. The number of nitrogens with one attached hydrogen (secondary N) is 1. The van der Waals surface area contributed by atoms with Crippen LogP contribution in [0.15, 0.2) is 66.7 Å². The quantitative estimate of drug-likeness (QED) is 0.542. The predicted molar refractivity (Wildman–Crippen MR) is 117 cm³/mol. The summed E-state index contributed by atoms with van der Waals surface area (Å²) in [7, 11) is 0. The second-order valence-electron chi connectivity index (χ2n) is 6.62. The zero-order chi connectivity index (χ0) is 22.9. The third-order valence-corrected chi connectivity index (χ3v) is 4.26. The van der Waals surface area contributed by atoms with Gasteiger partial charge in [0.15, 0.2) is 0 Å². The van der Waals surface area contributed by atoms with Gasteiger partial charge in [-0.3, -0.25) is 4.79 Å². The molecule has 0 fully saturated rings.